The summed E-state index contributed by atoms with van der Waals surface area (Å²) < 4.78 is 32.9. The molecule has 4 heteroatoms. The summed E-state index contributed by atoms with van der Waals surface area (Å²) in [6.07, 6.45) is 2.00. The minimum absolute atomic E-state index is 0.0742. The zero-order chi connectivity index (χ0) is 16.1. The van der Waals surface area contributed by atoms with Crippen LogP contribution in [0.2, 0.25) is 0 Å². The molecule has 1 aromatic rings. The highest BCUT2D eigenvalue weighted by Gasteiger charge is 2.38. The topological polar surface area (TPSA) is 26.3 Å². The van der Waals surface area contributed by atoms with Gasteiger partial charge in [-0.1, -0.05) is 24.3 Å². The third-order valence-electron chi connectivity index (χ3n) is 4.01. The summed E-state index contributed by atoms with van der Waals surface area (Å²) in [6.45, 7) is 4.73. The average molecular weight is 304 g/mol. The van der Waals surface area contributed by atoms with Crippen molar-refractivity contribution in [1.29, 1.82) is 0 Å². The second kappa shape index (κ2) is 4.77. The Bertz CT molecular complexity index is 706. The van der Waals surface area contributed by atoms with Gasteiger partial charge in [-0.15, -0.1) is 0 Å². The van der Waals surface area contributed by atoms with E-state index in [1.807, 2.05) is 26.0 Å². The summed E-state index contributed by atoms with van der Waals surface area (Å²) in [7, 11) is 0. The van der Waals surface area contributed by atoms with Crippen LogP contribution in [0.1, 0.15) is 44.7 Å². The van der Waals surface area contributed by atoms with Crippen LogP contribution in [0.5, 0.6) is 0 Å². The summed E-state index contributed by atoms with van der Waals surface area (Å²) in [4.78, 5) is 12.7. The molecule has 22 heavy (non-hydrogen) atoms. The van der Waals surface area contributed by atoms with Gasteiger partial charge in [0.25, 0.3) is 5.92 Å². The normalized spacial score (nSPS) is 22.2. The summed E-state index contributed by atoms with van der Waals surface area (Å²) in [6, 6.07) is 7.08. The lowest BCUT2D eigenvalue weighted by Crippen LogP contribution is -2.32. The van der Waals surface area contributed by atoms with Crippen molar-refractivity contribution in [1.82, 2.24) is 0 Å². The number of Topliss-reactive ketones (excluding diaryl/α,β-unsaturated/α-hetero) is 1. The molecule has 0 aromatic heterocycles. The number of alkyl halides is 2. The number of hydrogen-bond donors (Lipinski definition) is 0. The monoisotopic (exact) mass is 304 g/mol. The number of ether oxygens (including phenoxy) is 1. The molecular weight excluding hydrogens is 286 g/mol. The zero-order valence-electron chi connectivity index (χ0n) is 12.9. The van der Waals surface area contributed by atoms with E-state index < -0.39 is 5.92 Å². The first-order valence-electron chi connectivity index (χ1n) is 7.35. The van der Waals surface area contributed by atoms with Gasteiger partial charge < -0.3 is 4.74 Å². The van der Waals surface area contributed by atoms with E-state index >= 15 is 0 Å². The number of carbonyl (C=O) groups is 1. The highest BCUT2D eigenvalue weighted by molar-refractivity contribution is 6.33. The SMILES string of the molecule is CC(F)(F)/C=C1/C(=O)C2=C(OC(C)(C)CC2)c2ccccc21. The fraction of sp³-hybridized carbons (Fsp3) is 0.389. The van der Waals surface area contributed by atoms with E-state index in [0.717, 1.165) is 18.6 Å². The molecule has 0 unspecified atom stereocenters. The van der Waals surface area contributed by atoms with Crippen molar-refractivity contribution in [2.75, 3.05) is 0 Å². The standard InChI is InChI=1S/C18H18F2O2/c1-17(2)9-8-13-15(21)14(10-18(3,19)20)11-6-4-5-7-12(11)16(13)22-17/h4-7,10H,8-9H2,1-3H3/b14-10+. The number of hydrogen-bond acceptors (Lipinski definition) is 2. The van der Waals surface area contributed by atoms with Crippen LogP contribution in [0.4, 0.5) is 8.78 Å². The Balaban J connectivity index is 2.22. The van der Waals surface area contributed by atoms with E-state index in [9.17, 15) is 13.6 Å². The number of halogens is 2. The van der Waals surface area contributed by atoms with Crippen LogP contribution in [0.15, 0.2) is 35.9 Å². The minimum atomic E-state index is -3.04. The van der Waals surface area contributed by atoms with E-state index in [1.165, 1.54) is 0 Å². The summed E-state index contributed by atoms with van der Waals surface area (Å²) in [5, 5.41) is 0. The number of benzene rings is 1. The molecule has 0 radical (unpaired) electrons. The highest BCUT2D eigenvalue weighted by atomic mass is 19.3. The van der Waals surface area contributed by atoms with Gasteiger partial charge in [0.05, 0.1) is 0 Å². The quantitative estimate of drug-likeness (QED) is 0.708. The maximum absolute atomic E-state index is 13.4. The van der Waals surface area contributed by atoms with Crippen LogP contribution in [-0.2, 0) is 9.53 Å². The van der Waals surface area contributed by atoms with Crippen LogP contribution in [0.3, 0.4) is 0 Å². The van der Waals surface area contributed by atoms with Gasteiger partial charge in [0.15, 0.2) is 5.78 Å². The molecule has 0 spiro atoms. The van der Waals surface area contributed by atoms with Crippen molar-refractivity contribution in [3.63, 3.8) is 0 Å². The smallest absolute Gasteiger partial charge is 0.264 e. The summed E-state index contributed by atoms with van der Waals surface area (Å²) in [5.74, 6) is -2.83. The molecule has 0 saturated carbocycles. The van der Waals surface area contributed by atoms with Crippen LogP contribution in [-0.4, -0.2) is 17.3 Å². The number of ketones is 1. The molecule has 2 nitrogen and oxygen atoms in total. The predicted molar refractivity (Wildman–Crippen MR) is 81.4 cm³/mol. The predicted octanol–water partition coefficient (Wildman–Crippen LogP) is 4.61. The molecule has 0 fully saturated rings. The molecule has 3 rings (SSSR count). The molecule has 1 aliphatic carbocycles. The van der Waals surface area contributed by atoms with Crippen molar-refractivity contribution < 1.29 is 18.3 Å². The van der Waals surface area contributed by atoms with Crippen LogP contribution < -0.4 is 0 Å². The number of allylic oxidation sites excluding steroid dienone is 3. The third kappa shape index (κ3) is 2.58. The summed E-state index contributed by atoms with van der Waals surface area (Å²) >= 11 is 0. The molecule has 0 atom stereocenters. The maximum Gasteiger partial charge on any atom is 0.264 e. The first kappa shape index (κ1) is 14.9. The Hall–Kier alpha value is -1.97. The molecule has 116 valence electrons. The van der Waals surface area contributed by atoms with Crippen molar-refractivity contribution >= 4 is 17.1 Å². The lowest BCUT2D eigenvalue weighted by Gasteiger charge is -2.37. The first-order chi connectivity index (χ1) is 10.2. The highest BCUT2D eigenvalue weighted by Crippen LogP contribution is 2.45. The molecule has 0 saturated heterocycles. The number of carbonyl (C=O) groups excluding carboxylic acids is 1. The largest absolute Gasteiger partial charge is 0.487 e. The average Bonchev–Trinajstić information content (AvgIpc) is 2.41. The van der Waals surface area contributed by atoms with Gasteiger partial charge in [0.1, 0.15) is 11.4 Å². The maximum atomic E-state index is 13.4. The van der Waals surface area contributed by atoms with Crippen molar-refractivity contribution in [3.05, 3.63) is 47.0 Å². The molecule has 0 amide bonds. The van der Waals surface area contributed by atoms with Gasteiger partial charge in [-0.2, -0.15) is 0 Å². The fourth-order valence-corrected chi connectivity index (χ4v) is 2.96. The molecule has 2 aliphatic rings. The van der Waals surface area contributed by atoms with Gasteiger partial charge in [0, 0.05) is 23.6 Å². The van der Waals surface area contributed by atoms with E-state index in [2.05, 4.69) is 0 Å². The van der Waals surface area contributed by atoms with E-state index in [-0.39, 0.29) is 17.0 Å². The Morgan fingerprint density at radius 2 is 1.86 bits per heavy atom. The van der Waals surface area contributed by atoms with Gasteiger partial charge in [-0.3, -0.25) is 4.79 Å². The Kier molecular flexibility index (Phi) is 3.24. The number of fused-ring (bicyclic) bond motifs is 2. The third-order valence-corrected chi connectivity index (χ3v) is 4.01. The van der Waals surface area contributed by atoms with Crippen LogP contribution in [0.25, 0.3) is 11.3 Å². The lowest BCUT2D eigenvalue weighted by atomic mass is 9.80. The van der Waals surface area contributed by atoms with Gasteiger partial charge in [0.2, 0.25) is 0 Å². The minimum Gasteiger partial charge on any atom is -0.487 e. The summed E-state index contributed by atoms with van der Waals surface area (Å²) in [5.41, 5.74) is 1.46. The Morgan fingerprint density at radius 3 is 2.50 bits per heavy atom. The van der Waals surface area contributed by atoms with Crippen molar-refractivity contribution in [3.8, 4) is 0 Å². The van der Waals surface area contributed by atoms with Crippen LogP contribution in [0, 0.1) is 0 Å². The number of rotatable bonds is 1. The zero-order valence-corrected chi connectivity index (χ0v) is 12.9. The van der Waals surface area contributed by atoms with Gasteiger partial charge in [-0.25, -0.2) is 8.78 Å². The van der Waals surface area contributed by atoms with Gasteiger partial charge in [-0.05, 0) is 38.3 Å². The fourth-order valence-electron chi connectivity index (χ4n) is 2.96. The Morgan fingerprint density at radius 1 is 1.23 bits per heavy atom. The van der Waals surface area contributed by atoms with Crippen LogP contribution >= 0.6 is 0 Å². The lowest BCUT2D eigenvalue weighted by molar-refractivity contribution is -0.111. The second-order valence-corrected chi connectivity index (χ2v) is 6.56. The van der Waals surface area contributed by atoms with E-state index in [0.29, 0.717) is 29.7 Å². The van der Waals surface area contributed by atoms with Gasteiger partial charge >= 0.3 is 0 Å². The molecule has 0 N–H and O–H groups in total. The first-order valence-corrected chi connectivity index (χ1v) is 7.35. The Labute approximate surface area is 128 Å². The molecule has 1 heterocycles. The molecule has 0 bridgehead atoms. The van der Waals surface area contributed by atoms with E-state index in [1.54, 1.807) is 12.1 Å². The van der Waals surface area contributed by atoms with Crippen molar-refractivity contribution in [2.45, 2.75) is 45.1 Å². The molecule has 1 aromatic carbocycles. The second-order valence-electron chi connectivity index (χ2n) is 6.56. The van der Waals surface area contributed by atoms with E-state index in [4.69, 9.17) is 4.74 Å². The molecular formula is C18H18F2O2. The molecule has 1 aliphatic heterocycles. The van der Waals surface area contributed by atoms with Crippen molar-refractivity contribution in [2.24, 2.45) is 0 Å².